The quantitative estimate of drug-likeness (QED) is 0.320. The molecule has 0 aliphatic carbocycles. The number of nitrogens with zero attached hydrogens (tertiary/aromatic N) is 6. The Labute approximate surface area is 184 Å². The topological polar surface area (TPSA) is 155 Å². The Morgan fingerprint density at radius 2 is 1.81 bits per heavy atom. The van der Waals surface area contributed by atoms with E-state index in [4.69, 9.17) is 8.85 Å². The summed E-state index contributed by atoms with van der Waals surface area (Å²) >= 11 is 0. The van der Waals surface area contributed by atoms with Gasteiger partial charge in [0.05, 0.1) is 20.4 Å². The molecule has 0 bridgehead atoms. The Bertz CT molecular complexity index is 829. The van der Waals surface area contributed by atoms with Gasteiger partial charge < -0.3 is 19.1 Å². The molecule has 2 heterocycles. The molecule has 2 aromatic rings. The van der Waals surface area contributed by atoms with Crippen LogP contribution in [-0.2, 0) is 26.7 Å². The van der Waals surface area contributed by atoms with Crippen LogP contribution in [0.2, 0.25) is 31.7 Å². The van der Waals surface area contributed by atoms with Gasteiger partial charge in [-0.15, -0.1) is 10.2 Å². The molecular formula is C17H32N6O6Si2. The smallest absolute Gasteiger partial charge is 0.361 e. The minimum absolute atomic E-state index is 0. The van der Waals surface area contributed by atoms with Crippen molar-refractivity contribution in [2.45, 2.75) is 57.7 Å². The van der Waals surface area contributed by atoms with Gasteiger partial charge in [0.2, 0.25) is 5.69 Å². The van der Waals surface area contributed by atoms with Gasteiger partial charge in [-0.25, -0.2) is 14.3 Å². The molecule has 0 radical (unpaired) electrons. The molecule has 31 heavy (non-hydrogen) atoms. The lowest BCUT2D eigenvalue weighted by Crippen LogP contribution is -2.36. The van der Waals surface area contributed by atoms with Crippen molar-refractivity contribution in [3.05, 3.63) is 23.8 Å². The number of esters is 2. The monoisotopic (exact) mass is 472 g/mol. The van der Waals surface area contributed by atoms with Crippen LogP contribution in [0.1, 0.15) is 33.8 Å². The van der Waals surface area contributed by atoms with Gasteiger partial charge in [0.1, 0.15) is 0 Å². The number of carbonyl (C=O) groups is 2. The van der Waals surface area contributed by atoms with Crippen molar-refractivity contribution in [3.8, 4) is 0 Å². The number of hydrogen-bond donors (Lipinski definition) is 0. The van der Waals surface area contributed by atoms with Gasteiger partial charge in [0.15, 0.2) is 23.1 Å². The van der Waals surface area contributed by atoms with Crippen LogP contribution >= 0.6 is 0 Å². The summed E-state index contributed by atoms with van der Waals surface area (Å²) in [6, 6.07) is 1.98. The van der Waals surface area contributed by atoms with Gasteiger partial charge in [-0.2, -0.15) is 0 Å². The Morgan fingerprint density at radius 3 is 2.42 bits per heavy atom. The lowest BCUT2D eigenvalue weighted by atomic mass is 10.3. The molecule has 0 saturated heterocycles. The summed E-state index contributed by atoms with van der Waals surface area (Å²) in [4.78, 5) is 23.9. The molecule has 0 aromatic carbocycles. The molecule has 0 aliphatic rings. The van der Waals surface area contributed by atoms with Gasteiger partial charge in [-0.3, -0.25) is 4.68 Å². The standard InChI is InChI=1S/C17H30N6O5Si2.H2O/c1-26-16(24)14-15(17(25)27-2)23(21-19-14)10-7-13-30(4,5)28-29(3)12-6-9-22-11-8-18-20-22;/h8,11,29H,6-7,9-10,12-13H2,1-5H3;1H2. The molecule has 1 unspecified atom stereocenters. The van der Waals surface area contributed by atoms with E-state index >= 15 is 0 Å². The Morgan fingerprint density at radius 1 is 1.10 bits per heavy atom. The van der Waals surface area contributed by atoms with Crippen molar-refractivity contribution < 1.29 is 28.7 Å². The third kappa shape index (κ3) is 7.97. The number of hydrogen-bond acceptors (Lipinski definition) is 9. The zero-order chi connectivity index (χ0) is 22.1. The Hall–Kier alpha value is -2.43. The highest BCUT2D eigenvalue weighted by atomic mass is 28.4. The summed E-state index contributed by atoms with van der Waals surface area (Å²) in [5, 5.41) is 15.5. The minimum atomic E-state index is -1.85. The molecular weight excluding hydrogens is 440 g/mol. The molecule has 12 nitrogen and oxygen atoms in total. The lowest BCUT2D eigenvalue weighted by Gasteiger charge is -2.27. The van der Waals surface area contributed by atoms with Crippen LogP contribution in [0.15, 0.2) is 12.4 Å². The summed E-state index contributed by atoms with van der Waals surface area (Å²) < 4.78 is 19.1. The second kappa shape index (κ2) is 12.4. The van der Waals surface area contributed by atoms with E-state index in [1.54, 1.807) is 6.20 Å². The maximum absolute atomic E-state index is 12.1. The molecule has 0 saturated carbocycles. The van der Waals surface area contributed by atoms with Crippen molar-refractivity contribution in [1.29, 1.82) is 0 Å². The van der Waals surface area contributed by atoms with E-state index in [0.29, 0.717) is 6.54 Å². The molecule has 0 aliphatic heterocycles. The van der Waals surface area contributed by atoms with E-state index in [1.165, 1.54) is 18.9 Å². The average molecular weight is 473 g/mol. The molecule has 2 aromatic heterocycles. The highest BCUT2D eigenvalue weighted by Crippen LogP contribution is 2.19. The summed E-state index contributed by atoms with van der Waals surface area (Å²) in [5.74, 6) is -1.38. The zero-order valence-corrected chi connectivity index (χ0v) is 20.9. The number of aromatic nitrogens is 6. The fourth-order valence-corrected chi connectivity index (χ4v) is 10.3. The molecule has 174 valence electrons. The van der Waals surface area contributed by atoms with Crippen molar-refractivity contribution in [2.24, 2.45) is 0 Å². The zero-order valence-electron chi connectivity index (χ0n) is 18.7. The molecule has 0 spiro atoms. The second-order valence-electron chi connectivity index (χ2n) is 7.59. The first kappa shape index (κ1) is 26.6. The number of carbonyl (C=O) groups excluding carboxylic acids is 2. The predicted octanol–water partition coefficient (Wildman–Crippen LogP) is 0.674. The highest BCUT2D eigenvalue weighted by molar-refractivity contribution is 6.78. The van der Waals surface area contributed by atoms with Crippen LogP contribution in [-0.4, -0.2) is 79.0 Å². The molecule has 2 N–H and O–H groups in total. The third-order valence-corrected chi connectivity index (χ3v) is 11.6. The number of ether oxygens (including phenoxy) is 2. The van der Waals surface area contributed by atoms with Gasteiger partial charge in [-0.05, 0) is 44.6 Å². The number of rotatable bonds is 12. The van der Waals surface area contributed by atoms with E-state index in [-0.39, 0.29) is 16.9 Å². The van der Waals surface area contributed by atoms with E-state index in [2.05, 4.69) is 45.0 Å². The lowest BCUT2D eigenvalue weighted by molar-refractivity contribution is 0.0543. The second-order valence-corrected chi connectivity index (χ2v) is 14.8. The van der Waals surface area contributed by atoms with Crippen molar-refractivity contribution in [1.82, 2.24) is 30.0 Å². The third-order valence-electron chi connectivity index (χ3n) is 4.63. The first-order chi connectivity index (χ1) is 14.3. The highest BCUT2D eigenvalue weighted by Gasteiger charge is 2.28. The van der Waals surface area contributed by atoms with Crippen LogP contribution in [0, 0.1) is 0 Å². The predicted molar refractivity (Wildman–Crippen MR) is 117 cm³/mol. The first-order valence-corrected chi connectivity index (χ1v) is 15.4. The fourth-order valence-electron chi connectivity index (χ4n) is 3.21. The fraction of sp³-hybridized carbons (Fsp3) is 0.647. The van der Waals surface area contributed by atoms with Gasteiger partial charge in [0, 0.05) is 19.3 Å². The molecule has 1 atom stereocenters. The summed E-state index contributed by atoms with van der Waals surface area (Å²) in [5.41, 5.74) is -0.119. The first-order valence-electron chi connectivity index (χ1n) is 9.89. The van der Waals surface area contributed by atoms with Crippen LogP contribution < -0.4 is 0 Å². The van der Waals surface area contributed by atoms with Crippen LogP contribution in [0.4, 0.5) is 0 Å². The van der Waals surface area contributed by atoms with Crippen LogP contribution in [0.25, 0.3) is 0 Å². The summed E-state index contributed by atoms with van der Waals surface area (Å²) in [6.45, 7) is 7.93. The maximum atomic E-state index is 12.1. The molecule has 2 rings (SSSR count). The van der Waals surface area contributed by atoms with Crippen LogP contribution in [0.3, 0.4) is 0 Å². The normalized spacial score (nSPS) is 12.2. The van der Waals surface area contributed by atoms with Crippen molar-refractivity contribution in [2.75, 3.05) is 14.2 Å². The van der Waals surface area contributed by atoms with Gasteiger partial charge in [-0.1, -0.05) is 10.4 Å². The number of methoxy groups -OCH3 is 2. The Balaban J connectivity index is 0.00000480. The summed E-state index contributed by atoms with van der Waals surface area (Å²) in [6.07, 6.45) is 5.33. The van der Waals surface area contributed by atoms with E-state index < -0.39 is 29.3 Å². The largest absolute Gasteiger partial charge is 0.464 e. The SMILES string of the molecule is COC(=O)c1nnn(CCC[Si](C)(C)O[SiH](C)CCCn2ccnn2)c1C(=O)OC.O. The van der Waals surface area contributed by atoms with E-state index in [9.17, 15) is 9.59 Å². The van der Waals surface area contributed by atoms with Gasteiger partial charge in [0.25, 0.3) is 0 Å². The molecule has 0 fully saturated rings. The number of aryl methyl sites for hydroxylation is 2. The van der Waals surface area contributed by atoms with E-state index in [1.807, 2.05) is 10.9 Å². The van der Waals surface area contributed by atoms with Crippen molar-refractivity contribution >= 4 is 29.3 Å². The molecule has 14 heteroatoms. The van der Waals surface area contributed by atoms with Crippen LogP contribution in [0.5, 0.6) is 0 Å². The Kier molecular flexibility index (Phi) is 10.7. The minimum Gasteiger partial charge on any atom is -0.464 e. The van der Waals surface area contributed by atoms with Gasteiger partial charge >= 0.3 is 11.9 Å². The maximum Gasteiger partial charge on any atom is 0.361 e. The molecule has 0 amide bonds. The van der Waals surface area contributed by atoms with E-state index in [0.717, 1.165) is 31.5 Å². The van der Waals surface area contributed by atoms with Crippen molar-refractivity contribution in [3.63, 3.8) is 0 Å². The average Bonchev–Trinajstić information content (AvgIpc) is 3.36. The summed E-state index contributed by atoms with van der Waals surface area (Å²) in [7, 11) is -0.658.